The number of aryl methyl sites for hydroxylation is 3. The van der Waals surface area contributed by atoms with Gasteiger partial charge < -0.3 is 0 Å². The van der Waals surface area contributed by atoms with E-state index >= 15 is 0 Å². The summed E-state index contributed by atoms with van der Waals surface area (Å²) in [5.41, 5.74) is 1.74. The fraction of sp³-hybridized carbons (Fsp3) is 0.286. The van der Waals surface area contributed by atoms with E-state index in [1.165, 1.54) is 3.97 Å². The van der Waals surface area contributed by atoms with Gasteiger partial charge in [-0.3, -0.25) is 4.68 Å². The molecule has 3 rings (SSSR count). The van der Waals surface area contributed by atoms with Crippen LogP contribution in [0.25, 0.3) is 11.0 Å². The van der Waals surface area contributed by atoms with Crippen LogP contribution in [0.4, 0.5) is 0 Å². The standard InChI is InChI=1S/C14H16N4O2S/c1-4-17-9-14(10(2)16-17)21(19,20)18-11(3)15-12-7-5-6-8-13(12)18/h5-9H,4H2,1-3H3. The molecular formula is C14H16N4O2S. The van der Waals surface area contributed by atoms with Crippen molar-refractivity contribution in [3.63, 3.8) is 0 Å². The number of rotatable bonds is 3. The van der Waals surface area contributed by atoms with Crippen LogP contribution in [0.5, 0.6) is 0 Å². The summed E-state index contributed by atoms with van der Waals surface area (Å²) in [6.07, 6.45) is 1.57. The maximum absolute atomic E-state index is 12.9. The number of fused-ring (bicyclic) bond motifs is 1. The summed E-state index contributed by atoms with van der Waals surface area (Å²) in [5.74, 6) is 0.444. The molecule has 110 valence electrons. The van der Waals surface area contributed by atoms with Gasteiger partial charge in [0.05, 0.1) is 16.7 Å². The van der Waals surface area contributed by atoms with E-state index in [2.05, 4.69) is 10.1 Å². The maximum Gasteiger partial charge on any atom is 0.273 e. The first-order chi connectivity index (χ1) is 9.95. The molecule has 3 aromatic rings. The van der Waals surface area contributed by atoms with Crippen LogP contribution in [0.1, 0.15) is 18.4 Å². The van der Waals surface area contributed by atoms with Crippen molar-refractivity contribution in [2.75, 3.05) is 0 Å². The van der Waals surface area contributed by atoms with Crippen molar-refractivity contribution in [2.24, 2.45) is 0 Å². The Bertz CT molecular complexity index is 922. The van der Waals surface area contributed by atoms with Crippen molar-refractivity contribution in [2.45, 2.75) is 32.2 Å². The third-order valence-corrected chi connectivity index (χ3v) is 5.32. The molecule has 0 atom stereocenters. The fourth-order valence-electron chi connectivity index (χ4n) is 2.44. The lowest BCUT2D eigenvalue weighted by atomic mass is 10.3. The van der Waals surface area contributed by atoms with Crippen LogP contribution in [0, 0.1) is 13.8 Å². The summed E-state index contributed by atoms with van der Waals surface area (Å²) in [6, 6.07) is 7.20. The van der Waals surface area contributed by atoms with Crippen LogP contribution in [0.3, 0.4) is 0 Å². The molecule has 0 bridgehead atoms. The first-order valence-electron chi connectivity index (χ1n) is 6.69. The first kappa shape index (κ1) is 13.8. The molecule has 7 heteroatoms. The molecule has 0 fully saturated rings. The molecule has 2 heterocycles. The molecular weight excluding hydrogens is 288 g/mol. The van der Waals surface area contributed by atoms with Gasteiger partial charge in [0.2, 0.25) is 0 Å². The van der Waals surface area contributed by atoms with E-state index in [0.717, 1.165) is 0 Å². The van der Waals surface area contributed by atoms with Crippen molar-refractivity contribution in [1.29, 1.82) is 0 Å². The van der Waals surface area contributed by atoms with Crippen molar-refractivity contribution < 1.29 is 8.42 Å². The minimum absolute atomic E-state index is 0.218. The van der Waals surface area contributed by atoms with Gasteiger partial charge in [0.15, 0.2) is 0 Å². The molecule has 0 N–H and O–H groups in total. The van der Waals surface area contributed by atoms with Gasteiger partial charge in [-0.25, -0.2) is 17.4 Å². The van der Waals surface area contributed by atoms with Gasteiger partial charge >= 0.3 is 0 Å². The fourth-order valence-corrected chi connectivity index (χ4v) is 4.11. The van der Waals surface area contributed by atoms with E-state index in [0.29, 0.717) is 29.1 Å². The lowest BCUT2D eigenvalue weighted by Gasteiger charge is -2.07. The predicted octanol–water partition coefficient (Wildman–Crippen LogP) is 2.11. The number of imidazole rings is 1. The van der Waals surface area contributed by atoms with E-state index in [9.17, 15) is 8.42 Å². The maximum atomic E-state index is 12.9. The average Bonchev–Trinajstić information content (AvgIpc) is 2.98. The zero-order valence-electron chi connectivity index (χ0n) is 12.1. The molecule has 0 saturated heterocycles. The number of hydrogen-bond acceptors (Lipinski definition) is 4. The van der Waals surface area contributed by atoms with Gasteiger partial charge in [0.1, 0.15) is 10.7 Å². The molecule has 0 aliphatic rings. The van der Waals surface area contributed by atoms with Crippen molar-refractivity contribution in [3.8, 4) is 0 Å². The SMILES string of the molecule is CCn1cc(S(=O)(=O)n2c(C)nc3ccccc32)c(C)n1. The van der Waals surface area contributed by atoms with E-state index < -0.39 is 10.0 Å². The smallest absolute Gasteiger partial charge is 0.271 e. The highest BCUT2D eigenvalue weighted by molar-refractivity contribution is 7.90. The summed E-state index contributed by atoms with van der Waals surface area (Å²) in [4.78, 5) is 4.54. The van der Waals surface area contributed by atoms with Crippen molar-refractivity contribution >= 4 is 21.1 Å². The highest BCUT2D eigenvalue weighted by Gasteiger charge is 2.26. The summed E-state index contributed by atoms with van der Waals surface area (Å²) in [6.45, 7) is 5.94. The zero-order valence-corrected chi connectivity index (χ0v) is 12.9. The van der Waals surface area contributed by atoms with E-state index in [4.69, 9.17) is 0 Å². The van der Waals surface area contributed by atoms with E-state index in [1.807, 2.05) is 13.0 Å². The summed E-state index contributed by atoms with van der Waals surface area (Å²) in [5, 5.41) is 4.22. The molecule has 0 unspecified atom stereocenters. The van der Waals surface area contributed by atoms with Gasteiger partial charge in [0.25, 0.3) is 10.0 Å². The van der Waals surface area contributed by atoms with Crippen LogP contribution in [0.15, 0.2) is 35.4 Å². The summed E-state index contributed by atoms with van der Waals surface area (Å²) in [7, 11) is -3.70. The van der Waals surface area contributed by atoms with Gasteiger partial charge in [-0.2, -0.15) is 5.10 Å². The van der Waals surface area contributed by atoms with Gasteiger partial charge in [-0.15, -0.1) is 0 Å². The Kier molecular flexibility index (Phi) is 3.09. The van der Waals surface area contributed by atoms with Crippen LogP contribution in [0.2, 0.25) is 0 Å². The minimum Gasteiger partial charge on any atom is -0.271 e. The lowest BCUT2D eigenvalue weighted by molar-refractivity contribution is 0.586. The Labute approximate surface area is 123 Å². The molecule has 0 aliphatic carbocycles. The number of nitrogens with zero attached hydrogens (tertiary/aromatic N) is 4. The van der Waals surface area contributed by atoms with E-state index in [1.54, 1.807) is 42.9 Å². The van der Waals surface area contributed by atoms with Gasteiger partial charge in [-0.05, 0) is 32.9 Å². The van der Waals surface area contributed by atoms with Crippen LogP contribution in [-0.4, -0.2) is 27.2 Å². The largest absolute Gasteiger partial charge is 0.273 e. The number of para-hydroxylation sites is 2. The monoisotopic (exact) mass is 304 g/mol. The van der Waals surface area contributed by atoms with Crippen LogP contribution in [-0.2, 0) is 16.6 Å². The molecule has 21 heavy (non-hydrogen) atoms. The third kappa shape index (κ3) is 2.04. The second-order valence-corrected chi connectivity index (χ2v) is 6.61. The van der Waals surface area contributed by atoms with Crippen LogP contribution < -0.4 is 0 Å². The van der Waals surface area contributed by atoms with Crippen molar-refractivity contribution in [3.05, 3.63) is 42.0 Å². The first-order valence-corrected chi connectivity index (χ1v) is 8.13. The third-order valence-electron chi connectivity index (χ3n) is 3.42. The zero-order chi connectivity index (χ0) is 15.2. The average molecular weight is 304 g/mol. The Morgan fingerprint density at radius 1 is 1.19 bits per heavy atom. The summed E-state index contributed by atoms with van der Waals surface area (Å²) < 4.78 is 28.8. The molecule has 0 spiro atoms. The molecule has 0 saturated carbocycles. The lowest BCUT2D eigenvalue weighted by Crippen LogP contribution is -2.15. The topological polar surface area (TPSA) is 69.8 Å². The number of hydrogen-bond donors (Lipinski definition) is 0. The quantitative estimate of drug-likeness (QED) is 0.743. The molecule has 1 aromatic carbocycles. The normalized spacial score (nSPS) is 12.1. The second kappa shape index (κ2) is 4.70. The predicted molar refractivity (Wildman–Crippen MR) is 79.7 cm³/mol. The second-order valence-electron chi connectivity index (χ2n) is 4.85. The Morgan fingerprint density at radius 3 is 2.57 bits per heavy atom. The highest BCUT2D eigenvalue weighted by Crippen LogP contribution is 2.24. The van der Waals surface area contributed by atoms with Gasteiger partial charge in [0, 0.05) is 12.7 Å². The molecule has 0 amide bonds. The highest BCUT2D eigenvalue weighted by atomic mass is 32.2. The Hall–Kier alpha value is -2.15. The van der Waals surface area contributed by atoms with E-state index in [-0.39, 0.29) is 4.90 Å². The Morgan fingerprint density at radius 2 is 1.90 bits per heavy atom. The minimum atomic E-state index is -3.70. The summed E-state index contributed by atoms with van der Waals surface area (Å²) >= 11 is 0. The number of aromatic nitrogens is 4. The molecule has 6 nitrogen and oxygen atoms in total. The molecule has 2 aromatic heterocycles. The van der Waals surface area contributed by atoms with Crippen LogP contribution >= 0.6 is 0 Å². The van der Waals surface area contributed by atoms with Crippen molar-refractivity contribution in [1.82, 2.24) is 18.7 Å². The molecule has 0 aliphatic heterocycles. The number of benzene rings is 1. The Balaban J connectivity index is 2.30. The van der Waals surface area contributed by atoms with Gasteiger partial charge in [-0.1, -0.05) is 12.1 Å². The molecule has 0 radical (unpaired) electrons.